The summed E-state index contributed by atoms with van der Waals surface area (Å²) in [4.78, 5) is 6.74. The quantitative estimate of drug-likeness (QED) is 0.840. The number of anilines is 2. The summed E-state index contributed by atoms with van der Waals surface area (Å²) in [5.41, 5.74) is 6.58. The van der Waals surface area contributed by atoms with Crippen molar-refractivity contribution in [2.24, 2.45) is 0 Å². The number of aromatic nitrogens is 3. The lowest BCUT2D eigenvalue weighted by atomic mass is 10.3. The van der Waals surface area contributed by atoms with E-state index in [9.17, 15) is 0 Å². The number of likely N-dealkylation sites (N-methyl/N-ethyl adjacent to an activating group) is 1. The lowest BCUT2D eigenvalue weighted by molar-refractivity contribution is 0.616. The van der Waals surface area contributed by atoms with Gasteiger partial charge in [-0.05, 0) is 13.5 Å². The Morgan fingerprint density at radius 3 is 3.11 bits per heavy atom. The number of nitrogen functional groups attached to an aromatic ring is 1. The summed E-state index contributed by atoms with van der Waals surface area (Å²) in [6, 6.07) is 2.35. The number of nitrogens with one attached hydrogen (secondary N) is 1. The summed E-state index contributed by atoms with van der Waals surface area (Å²) in [6.07, 6.45) is 2.67. The Labute approximate surface area is 110 Å². The van der Waals surface area contributed by atoms with Gasteiger partial charge in [-0.15, -0.1) is 0 Å². The molecule has 0 amide bonds. The van der Waals surface area contributed by atoms with Crippen LogP contribution in [0.1, 0.15) is 6.42 Å². The first-order valence-electron chi connectivity index (χ1n) is 5.91. The lowest BCUT2D eigenvalue weighted by Gasteiger charge is -2.18. The minimum atomic E-state index is 0.504. The van der Waals surface area contributed by atoms with E-state index in [1.54, 1.807) is 10.7 Å². The van der Waals surface area contributed by atoms with Crippen molar-refractivity contribution in [3.05, 3.63) is 17.3 Å². The largest absolute Gasteiger partial charge is 0.383 e. The van der Waals surface area contributed by atoms with Gasteiger partial charge in [-0.1, -0.05) is 11.6 Å². The molecule has 0 saturated carbocycles. The number of hydrogen-bond donors (Lipinski definition) is 2. The van der Waals surface area contributed by atoms with Gasteiger partial charge in [-0.2, -0.15) is 9.61 Å². The molecular weight excluding hydrogens is 252 g/mol. The molecular formula is C11H15ClN6. The van der Waals surface area contributed by atoms with Gasteiger partial charge in [0.15, 0.2) is 5.65 Å². The highest BCUT2D eigenvalue weighted by molar-refractivity contribution is 6.33. The number of rotatable bonds is 2. The molecule has 2 aromatic rings. The summed E-state index contributed by atoms with van der Waals surface area (Å²) in [6.45, 7) is 1.91. The molecule has 96 valence electrons. The second-order valence-corrected chi connectivity index (χ2v) is 4.89. The van der Waals surface area contributed by atoms with Gasteiger partial charge in [0.1, 0.15) is 16.7 Å². The smallest absolute Gasteiger partial charge is 0.178 e. The maximum Gasteiger partial charge on any atom is 0.178 e. The van der Waals surface area contributed by atoms with Crippen molar-refractivity contribution in [3.63, 3.8) is 0 Å². The fourth-order valence-corrected chi connectivity index (χ4v) is 2.48. The molecule has 3 N–H and O–H groups in total. The molecule has 1 fully saturated rings. The summed E-state index contributed by atoms with van der Waals surface area (Å²) in [5.74, 6) is 1.41. The van der Waals surface area contributed by atoms with Gasteiger partial charge < -0.3 is 16.0 Å². The van der Waals surface area contributed by atoms with E-state index in [2.05, 4.69) is 20.3 Å². The molecule has 1 saturated heterocycles. The zero-order chi connectivity index (χ0) is 12.7. The summed E-state index contributed by atoms with van der Waals surface area (Å²) < 4.78 is 1.55. The van der Waals surface area contributed by atoms with E-state index in [-0.39, 0.29) is 0 Å². The summed E-state index contributed by atoms with van der Waals surface area (Å²) in [5, 5.41) is 7.88. The van der Waals surface area contributed by atoms with Crippen molar-refractivity contribution in [2.45, 2.75) is 12.5 Å². The normalized spacial score (nSPS) is 19.9. The van der Waals surface area contributed by atoms with E-state index in [4.69, 9.17) is 17.3 Å². The molecule has 0 spiro atoms. The first-order valence-corrected chi connectivity index (χ1v) is 6.29. The van der Waals surface area contributed by atoms with Crippen molar-refractivity contribution >= 4 is 28.9 Å². The third-order valence-corrected chi connectivity index (χ3v) is 3.63. The molecule has 1 aliphatic rings. The predicted octanol–water partition coefficient (Wildman–Crippen LogP) is 0.763. The molecule has 3 rings (SSSR count). The number of nitrogens with two attached hydrogens (primary N) is 1. The first kappa shape index (κ1) is 11.6. The van der Waals surface area contributed by atoms with Crippen LogP contribution in [0.4, 0.5) is 11.6 Å². The zero-order valence-electron chi connectivity index (χ0n) is 10.1. The predicted molar refractivity (Wildman–Crippen MR) is 72.1 cm³/mol. The van der Waals surface area contributed by atoms with Crippen molar-refractivity contribution in [1.29, 1.82) is 0 Å². The summed E-state index contributed by atoms with van der Waals surface area (Å²) in [7, 11) is 1.98. The van der Waals surface area contributed by atoms with Crippen molar-refractivity contribution < 1.29 is 0 Å². The number of hydrogen-bond acceptors (Lipinski definition) is 5. The Kier molecular flexibility index (Phi) is 2.76. The topological polar surface area (TPSA) is 71.5 Å². The van der Waals surface area contributed by atoms with Crippen LogP contribution in [0.15, 0.2) is 12.3 Å². The van der Waals surface area contributed by atoms with Crippen LogP contribution in [-0.2, 0) is 0 Å². The average Bonchev–Trinajstić information content (AvgIpc) is 2.97. The molecule has 0 bridgehead atoms. The van der Waals surface area contributed by atoms with E-state index < -0.39 is 0 Å². The van der Waals surface area contributed by atoms with Crippen LogP contribution < -0.4 is 16.0 Å². The molecule has 1 atom stereocenters. The van der Waals surface area contributed by atoms with Gasteiger partial charge in [0, 0.05) is 25.2 Å². The molecule has 1 unspecified atom stereocenters. The number of fused-ring (bicyclic) bond motifs is 1. The summed E-state index contributed by atoms with van der Waals surface area (Å²) >= 11 is 6.05. The third kappa shape index (κ3) is 1.77. The van der Waals surface area contributed by atoms with E-state index in [1.165, 1.54) is 0 Å². The van der Waals surface area contributed by atoms with Crippen LogP contribution in [0.25, 0.3) is 5.65 Å². The van der Waals surface area contributed by atoms with E-state index in [0.717, 1.165) is 25.3 Å². The van der Waals surface area contributed by atoms with Gasteiger partial charge in [-0.25, -0.2) is 4.98 Å². The van der Waals surface area contributed by atoms with E-state index in [1.807, 2.05) is 13.1 Å². The van der Waals surface area contributed by atoms with E-state index >= 15 is 0 Å². The zero-order valence-corrected chi connectivity index (χ0v) is 10.9. The Balaban J connectivity index is 2.00. The van der Waals surface area contributed by atoms with Crippen LogP contribution in [0.2, 0.25) is 5.02 Å². The molecule has 7 heteroatoms. The minimum absolute atomic E-state index is 0.504. The van der Waals surface area contributed by atoms with Crippen LogP contribution in [0, 0.1) is 0 Å². The Morgan fingerprint density at radius 1 is 1.56 bits per heavy atom. The Hall–Kier alpha value is -1.53. The highest BCUT2D eigenvalue weighted by Crippen LogP contribution is 2.24. The molecule has 0 radical (unpaired) electrons. The second-order valence-electron chi connectivity index (χ2n) is 4.49. The lowest BCUT2D eigenvalue weighted by Crippen LogP contribution is -2.30. The van der Waals surface area contributed by atoms with Crippen LogP contribution in [-0.4, -0.2) is 40.8 Å². The maximum absolute atomic E-state index is 6.05. The first-order chi connectivity index (χ1) is 8.69. The van der Waals surface area contributed by atoms with E-state index in [0.29, 0.717) is 22.5 Å². The molecule has 6 nitrogen and oxygen atoms in total. The van der Waals surface area contributed by atoms with Crippen molar-refractivity contribution in [2.75, 3.05) is 30.8 Å². The Bertz CT molecular complexity index is 580. The number of nitrogens with zero attached hydrogens (tertiary/aromatic N) is 4. The van der Waals surface area contributed by atoms with Crippen LogP contribution in [0.3, 0.4) is 0 Å². The fraction of sp³-hybridized carbons (Fsp3) is 0.455. The number of halogens is 1. The monoisotopic (exact) mass is 266 g/mol. The van der Waals surface area contributed by atoms with Crippen molar-refractivity contribution in [3.8, 4) is 0 Å². The fourth-order valence-electron chi connectivity index (χ4n) is 2.31. The average molecular weight is 267 g/mol. The highest BCUT2D eigenvalue weighted by Gasteiger charge is 2.23. The van der Waals surface area contributed by atoms with Crippen LogP contribution in [0.5, 0.6) is 0 Å². The Morgan fingerprint density at radius 2 is 2.39 bits per heavy atom. The SMILES string of the molecule is CNC1CCN(c2cc(N)n3ncc(Cl)c3n2)C1. The molecule has 3 heterocycles. The van der Waals surface area contributed by atoms with Gasteiger partial charge >= 0.3 is 0 Å². The molecule has 18 heavy (non-hydrogen) atoms. The van der Waals surface area contributed by atoms with Gasteiger partial charge in [-0.3, -0.25) is 0 Å². The van der Waals surface area contributed by atoms with Gasteiger partial charge in [0.05, 0.1) is 6.20 Å². The highest BCUT2D eigenvalue weighted by atomic mass is 35.5. The minimum Gasteiger partial charge on any atom is -0.383 e. The van der Waals surface area contributed by atoms with Gasteiger partial charge in [0.25, 0.3) is 0 Å². The molecule has 0 aromatic carbocycles. The second kappa shape index (κ2) is 4.29. The molecule has 2 aromatic heterocycles. The van der Waals surface area contributed by atoms with Crippen molar-refractivity contribution in [1.82, 2.24) is 19.9 Å². The molecule has 1 aliphatic heterocycles. The van der Waals surface area contributed by atoms with Crippen LogP contribution >= 0.6 is 11.6 Å². The van der Waals surface area contributed by atoms with Gasteiger partial charge in [0.2, 0.25) is 0 Å². The third-order valence-electron chi connectivity index (χ3n) is 3.36. The standard InChI is InChI=1S/C11H15ClN6/c1-14-7-2-3-17(6-7)10-4-9(13)18-11(16-10)8(12)5-15-18/h4-5,7,14H,2-3,6,13H2,1H3. The maximum atomic E-state index is 6.05. The molecule has 0 aliphatic carbocycles.